The number of rotatable bonds is 8. The van der Waals surface area contributed by atoms with Crippen molar-refractivity contribution in [3.63, 3.8) is 0 Å². The quantitative estimate of drug-likeness (QED) is 0.144. The summed E-state index contributed by atoms with van der Waals surface area (Å²) < 4.78 is 4.86. The first-order valence-corrected chi connectivity index (χ1v) is 23.4. The largest absolute Gasteiger partial charge is 0.309 e. The lowest BCUT2D eigenvalue weighted by molar-refractivity contribution is 1.18. The predicted octanol–water partition coefficient (Wildman–Crippen LogP) is 17.9. The van der Waals surface area contributed by atoms with Crippen molar-refractivity contribution in [1.29, 1.82) is 0 Å². The second-order valence-electron chi connectivity index (χ2n) is 17.7. The molecule has 0 aliphatic heterocycles. The van der Waals surface area contributed by atoms with Crippen LogP contribution in [0.15, 0.2) is 267 Å². The zero-order chi connectivity index (χ0) is 45.0. The smallest absolute Gasteiger partial charge is 0.0547 e. The van der Waals surface area contributed by atoms with Crippen LogP contribution in [-0.2, 0) is 0 Å². The number of benzene rings is 11. The van der Waals surface area contributed by atoms with Crippen molar-refractivity contribution in [3.8, 4) is 78.1 Å². The highest BCUT2D eigenvalue weighted by atomic mass is 15.0. The molecule has 0 amide bonds. The van der Waals surface area contributed by atoms with E-state index in [1.165, 1.54) is 116 Å². The molecule has 0 bridgehead atoms. The highest BCUT2D eigenvalue weighted by molar-refractivity contribution is 6.17. The van der Waals surface area contributed by atoms with Crippen molar-refractivity contribution in [2.45, 2.75) is 0 Å². The van der Waals surface area contributed by atoms with Gasteiger partial charge in [0.05, 0.1) is 27.8 Å². The average Bonchev–Trinajstić information content (AvgIpc) is 3.94. The van der Waals surface area contributed by atoms with Gasteiger partial charge in [0.15, 0.2) is 0 Å². The summed E-state index contributed by atoms with van der Waals surface area (Å²) in [6.45, 7) is 0. The van der Waals surface area contributed by atoms with Crippen LogP contribution in [0.2, 0.25) is 0 Å². The molecule has 318 valence electrons. The molecule has 2 heteroatoms. The van der Waals surface area contributed by atoms with Crippen LogP contribution in [0.5, 0.6) is 0 Å². The van der Waals surface area contributed by atoms with E-state index in [0.29, 0.717) is 0 Å². The Morgan fingerprint density at radius 1 is 0.206 bits per heavy atom. The van der Waals surface area contributed by atoms with Crippen LogP contribution >= 0.6 is 0 Å². The first-order valence-electron chi connectivity index (χ1n) is 23.4. The minimum atomic E-state index is 1.14. The second kappa shape index (κ2) is 16.5. The molecule has 13 rings (SSSR count). The summed E-state index contributed by atoms with van der Waals surface area (Å²) in [6.07, 6.45) is 0. The van der Waals surface area contributed by atoms with Crippen LogP contribution in [0.4, 0.5) is 0 Å². The first-order chi connectivity index (χ1) is 33.7. The number of fused-ring (bicyclic) bond motifs is 6. The van der Waals surface area contributed by atoms with Gasteiger partial charge in [-0.3, -0.25) is 0 Å². The molecule has 0 atom stereocenters. The predicted molar refractivity (Wildman–Crippen MR) is 288 cm³/mol. The summed E-state index contributed by atoms with van der Waals surface area (Å²) in [5.41, 5.74) is 21.5. The molecule has 0 fully saturated rings. The minimum absolute atomic E-state index is 1.14. The van der Waals surface area contributed by atoms with Gasteiger partial charge in [-0.1, -0.05) is 206 Å². The van der Waals surface area contributed by atoms with E-state index in [1.54, 1.807) is 0 Å². The SMILES string of the molecule is c1ccc(-c2ccc(-n3c4ccc(-c5ccc(-c6ccc7c(c6)c6ccccc6n7-c6ccccc6-c6ccccc6)cc5)cc4c4c(-c5cccc(-c6ccccc6)c5)cccc43)cc2)cc1. The summed E-state index contributed by atoms with van der Waals surface area (Å²) in [6, 6.07) is 97.3. The molecular formula is C66H44N2. The highest BCUT2D eigenvalue weighted by Gasteiger charge is 2.19. The number of aromatic nitrogens is 2. The van der Waals surface area contributed by atoms with E-state index in [9.17, 15) is 0 Å². The fraction of sp³-hybridized carbons (Fsp3) is 0. The third kappa shape index (κ3) is 6.73. The molecule has 11 aromatic carbocycles. The molecule has 0 unspecified atom stereocenters. The van der Waals surface area contributed by atoms with Gasteiger partial charge in [-0.2, -0.15) is 0 Å². The van der Waals surface area contributed by atoms with Gasteiger partial charge in [0.25, 0.3) is 0 Å². The van der Waals surface area contributed by atoms with Crippen LogP contribution in [0, 0.1) is 0 Å². The maximum atomic E-state index is 2.43. The Balaban J connectivity index is 0.917. The monoisotopic (exact) mass is 864 g/mol. The fourth-order valence-electron chi connectivity index (χ4n) is 10.5. The molecule has 0 saturated carbocycles. The Labute approximate surface area is 395 Å². The van der Waals surface area contributed by atoms with Gasteiger partial charge in [0.2, 0.25) is 0 Å². The molecule has 2 aromatic heterocycles. The molecule has 0 aliphatic rings. The van der Waals surface area contributed by atoms with E-state index < -0.39 is 0 Å². The van der Waals surface area contributed by atoms with E-state index in [-0.39, 0.29) is 0 Å². The molecule has 2 heterocycles. The number of hydrogen-bond donors (Lipinski definition) is 0. The van der Waals surface area contributed by atoms with Crippen molar-refractivity contribution >= 4 is 43.6 Å². The molecule has 0 N–H and O–H groups in total. The van der Waals surface area contributed by atoms with Gasteiger partial charge < -0.3 is 9.13 Å². The zero-order valence-electron chi connectivity index (χ0n) is 37.3. The maximum absolute atomic E-state index is 2.43. The van der Waals surface area contributed by atoms with Crippen molar-refractivity contribution in [2.75, 3.05) is 0 Å². The van der Waals surface area contributed by atoms with Crippen molar-refractivity contribution < 1.29 is 0 Å². The third-order valence-corrected chi connectivity index (χ3v) is 13.8. The van der Waals surface area contributed by atoms with Gasteiger partial charge in [0, 0.05) is 32.8 Å². The molecule has 2 nitrogen and oxygen atoms in total. The molecule has 0 radical (unpaired) electrons. The lowest BCUT2D eigenvalue weighted by Crippen LogP contribution is -1.96. The molecule has 0 saturated heterocycles. The van der Waals surface area contributed by atoms with Gasteiger partial charge >= 0.3 is 0 Å². The van der Waals surface area contributed by atoms with E-state index in [2.05, 4.69) is 276 Å². The van der Waals surface area contributed by atoms with E-state index >= 15 is 0 Å². The van der Waals surface area contributed by atoms with Crippen molar-refractivity contribution in [3.05, 3.63) is 267 Å². The number of hydrogen-bond acceptors (Lipinski definition) is 0. The lowest BCUT2D eigenvalue weighted by Gasteiger charge is -2.14. The maximum Gasteiger partial charge on any atom is 0.0547 e. The summed E-state index contributed by atoms with van der Waals surface area (Å²) in [5, 5.41) is 4.96. The molecule has 13 aromatic rings. The van der Waals surface area contributed by atoms with Crippen LogP contribution in [0.25, 0.3) is 122 Å². The van der Waals surface area contributed by atoms with Crippen LogP contribution < -0.4 is 0 Å². The first kappa shape index (κ1) is 39.4. The van der Waals surface area contributed by atoms with E-state index in [1.807, 2.05) is 0 Å². The topological polar surface area (TPSA) is 9.86 Å². The van der Waals surface area contributed by atoms with E-state index in [4.69, 9.17) is 0 Å². The fourth-order valence-corrected chi connectivity index (χ4v) is 10.5. The van der Waals surface area contributed by atoms with Crippen molar-refractivity contribution in [1.82, 2.24) is 9.13 Å². The number of para-hydroxylation sites is 2. The average molecular weight is 865 g/mol. The van der Waals surface area contributed by atoms with Crippen LogP contribution in [-0.4, -0.2) is 9.13 Å². The summed E-state index contributed by atoms with van der Waals surface area (Å²) in [4.78, 5) is 0. The molecule has 0 aliphatic carbocycles. The van der Waals surface area contributed by atoms with Crippen LogP contribution in [0.1, 0.15) is 0 Å². The Morgan fingerprint density at radius 3 is 1.34 bits per heavy atom. The molecule has 0 spiro atoms. The normalized spacial score (nSPS) is 11.5. The van der Waals surface area contributed by atoms with Gasteiger partial charge in [0.1, 0.15) is 0 Å². The molecular weight excluding hydrogens is 821 g/mol. The van der Waals surface area contributed by atoms with E-state index in [0.717, 1.165) is 5.69 Å². The van der Waals surface area contributed by atoms with Crippen LogP contribution in [0.3, 0.4) is 0 Å². The second-order valence-corrected chi connectivity index (χ2v) is 17.7. The standard InChI is InChI=1S/C66H44N2/c1-4-16-45(17-5-1)47-34-38-55(39-35-47)67-64-41-37-53(44-60(64)66-57(26-15-29-65(66)67)54-23-14-22-51(42-54)46-18-6-2-7-19-46)49-32-30-48(31-33-49)52-36-40-63-59(43-52)58-25-11-13-28-62(58)68(63)61-27-12-10-24-56(61)50-20-8-3-9-21-50/h1-44H. The lowest BCUT2D eigenvalue weighted by atomic mass is 9.94. The Morgan fingerprint density at radius 2 is 0.632 bits per heavy atom. The zero-order valence-corrected chi connectivity index (χ0v) is 37.3. The summed E-state index contributed by atoms with van der Waals surface area (Å²) in [5.74, 6) is 0. The van der Waals surface area contributed by atoms with Gasteiger partial charge in [-0.05, 0) is 122 Å². The third-order valence-electron chi connectivity index (χ3n) is 13.8. The van der Waals surface area contributed by atoms with Gasteiger partial charge in [-0.25, -0.2) is 0 Å². The Kier molecular flexibility index (Phi) is 9.54. The minimum Gasteiger partial charge on any atom is -0.309 e. The summed E-state index contributed by atoms with van der Waals surface area (Å²) in [7, 11) is 0. The Hall–Kier alpha value is -8.98. The van der Waals surface area contributed by atoms with Gasteiger partial charge in [-0.15, -0.1) is 0 Å². The number of nitrogens with zero attached hydrogens (tertiary/aromatic N) is 2. The molecule has 68 heavy (non-hydrogen) atoms. The van der Waals surface area contributed by atoms with Crippen molar-refractivity contribution in [2.24, 2.45) is 0 Å². The highest BCUT2D eigenvalue weighted by Crippen LogP contribution is 2.42. The Bertz CT molecular complexity index is 3970. The summed E-state index contributed by atoms with van der Waals surface area (Å²) >= 11 is 0.